The van der Waals surface area contributed by atoms with E-state index in [4.69, 9.17) is 10.2 Å². The minimum atomic E-state index is -3.99. The fraction of sp³-hybridized carbons (Fsp3) is 0.0455. The highest BCUT2D eigenvalue weighted by molar-refractivity contribution is 7.95. The number of hydrogen-bond acceptors (Lipinski definition) is 9. The number of nitrogens with two attached hydrogens (primary N) is 1. The summed E-state index contributed by atoms with van der Waals surface area (Å²) in [6.45, 7) is 0. The van der Waals surface area contributed by atoms with E-state index in [1.807, 2.05) is 0 Å². The SMILES string of the molecule is NC1c2ccoc2N=CN1c1ccc(NS(=O)(=O)c2cc(S(=O)(=O)c3ccccc3)cs2)cc1. The predicted molar refractivity (Wildman–Crippen MR) is 130 cm³/mol. The maximum absolute atomic E-state index is 12.9. The molecule has 4 aromatic rings. The van der Waals surface area contributed by atoms with Crippen LogP contribution in [0.25, 0.3) is 0 Å². The molecule has 2 aromatic carbocycles. The number of benzene rings is 2. The molecule has 2 aromatic heterocycles. The monoisotopic (exact) mass is 514 g/mol. The molecule has 0 bridgehead atoms. The quantitative estimate of drug-likeness (QED) is 0.395. The van der Waals surface area contributed by atoms with Crippen LogP contribution in [0.1, 0.15) is 11.7 Å². The van der Waals surface area contributed by atoms with Crippen LogP contribution in [0, 0.1) is 0 Å². The van der Waals surface area contributed by atoms with Crippen molar-refractivity contribution in [3.05, 3.63) is 83.9 Å². The second-order valence-electron chi connectivity index (χ2n) is 7.35. The summed E-state index contributed by atoms with van der Waals surface area (Å²) in [5.74, 6) is 0.456. The van der Waals surface area contributed by atoms with E-state index in [1.54, 1.807) is 59.8 Å². The van der Waals surface area contributed by atoms with Gasteiger partial charge < -0.3 is 15.1 Å². The largest absolute Gasteiger partial charge is 0.446 e. The summed E-state index contributed by atoms with van der Waals surface area (Å²) in [5, 5.41) is 1.32. The fourth-order valence-corrected chi connectivity index (χ4v) is 7.39. The molecule has 0 aliphatic carbocycles. The highest BCUT2D eigenvalue weighted by Gasteiger charge is 2.26. The molecule has 1 aliphatic heterocycles. The van der Waals surface area contributed by atoms with E-state index in [1.165, 1.54) is 23.8 Å². The molecule has 0 fully saturated rings. The number of nitrogens with one attached hydrogen (secondary N) is 1. The maximum Gasteiger partial charge on any atom is 0.271 e. The van der Waals surface area contributed by atoms with Crippen LogP contribution in [0.2, 0.25) is 0 Å². The van der Waals surface area contributed by atoms with Gasteiger partial charge in [-0.25, -0.2) is 21.8 Å². The van der Waals surface area contributed by atoms with E-state index < -0.39 is 26.0 Å². The van der Waals surface area contributed by atoms with Crippen molar-refractivity contribution in [1.82, 2.24) is 0 Å². The van der Waals surface area contributed by atoms with E-state index in [2.05, 4.69) is 9.71 Å². The molecular weight excluding hydrogens is 496 g/mol. The first-order valence-electron chi connectivity index (χ1n) is 9.93. The average Bonchev–Trinajstić information content (AvgIpc) is 3.52. The third-order valence-corrected chi connectivity index (χ3v) is 9.91. The van der Waals surface area contributed by atoms with E-state index in [0.29, 0.717) is 17.3 Å². The Bertz CT molecular complexity index is 1570. The molecular formula is C22H18N4O5S3. The molecule has 12 heteroatoms. The van der Waals surface area contributed by atoms with Crippen molar-refractivity contribution >= 4 is 54.8 Å². The van der Waals surface area contributed by atoms with E-state index in [0.717, 1.165) is 23.0 Å². The molecule has 0 saturated carbocycles. The lowest BCUT2D eigenvalue weighted by Gasteiger charge is -2.29. The standard InChI is InChI=1S/C22H18N4O5S3/c23-21-19-10-11-31-22(19)24-14-26(21)16-8-6-15(7-9-16)25-34(29,30)20-12-18(13-32-20)33(27,28)17-4-2-1-3-5-17/h1-14,21,25H,23H2. The number of furan rings is 1. The van der Waals surface area contributed by atoms with Gasteiger partial charge in [-0.1, -0.05) is 18.2 Å². The van der Waals surface area contributed by atoms with Gasteiger partial charge in [-0.05, 0) is 48.5 Å². The number of hydrogen-bond donors (Lipinski definition) is 2. The van der Waals surface area contributed by atoms with Crippen molar-refractivity contribution in [2.45, 2.75) is 20.2 Å². The van der Waals surface area contributed by atoms with Crippen molar-refractivity contribution in [1.29, 1.82) is 0 Å². The third-order valence-electron chi connectivity index (χ3n) is 5.19. The third kappa shape index (κ3) is 4.01. The minimum Gasteiger partial charge on any atom is -0.446 e. The number of sulfonamides is 1. The molecule has 0 amide bonds. The molecule has 174 valence electrons. The highest BCUT2D eigenvalue weighted by atomic mass is 32.2. The van der Waals surface area contributed by atoms with Crippen molar-refractivity contribution in [2.24, 2.45) is 10.7 Å². The van der Waals surface area contributed by atoms with Crippen LogP contribution in [0.15, 0.2) is 102 Å². The summed E-state index contributed by atoms with van der Waals surface area (Å²) < 4.78 is 58.9. The van der Waals surface area contributed by atoms with Crippen LogP contribution in [0.4, 0.5) is 17.3 Å². The molecule has 1 aliphatic rings. The Morgan fingerprint density at radius 2 is 1.71 bits per heavy atom. The zero-order valence-electron chi connectivity index (χ0n) is 17.4. The van der Waals surface area contributed by atoms with Crippen LogP contribution in [0.3, 0.4) is 0 Å². The van der Waals surface area contributed by atoms with Crippen molar-refractivity contribution in [3.8, 4) is 0 Å². The molecule has 1 unspecified atom stereocenters. The normalized spacial score (nSPS) is 15.8. The van der Waals surface area contributed by atoms with Crippen molar-refractivity contribution in [2.75, 3.05) is 9.62 Å². The molecule has 34 heavy (non-hydrogen) atoms. The van der Waals surface area contributed by atoms with Crippen LogP contribution < -0.4 is 15.4 Å². The van der Waals surface area contributed by atoms with Crippen LogP contribution in [-0.2, 0) is 19.9 Å². The zero-order valence-corrected chi connectivity index (χ0v) is 19.8. The predicted octanol–water partition coefficient (Wildman–Crippen LogP) is 4.11. The Labute approximate surface area is 200 Å². The van der Waals surface area contributed by atoms with Gasteiger partial charge >= 0.3 is 0 Å². The summed E-state index contributed by atoms with van der Waals surface area (Å²) in [4.78, 5) is 5.98. The molecule has 9 nitrogen and oxygen atoms in total. The van der Waals surface area contributed by atoms with Gasteiger partial charge in [0.15, 0.2) is 0 Å². The molecule has 0 spiro atoms. The zero-order chi connectivity index (χ0) is 23.9. The van der Waals surface area contributed by atoms with Crippen LogP contribution >= 0.6 is 11.3 Å². The lowest BCUT2D eigenvalue weighted by molar-refractivity contribution is 0.567. The molecule has 5 rings (SSSR count). The van der Waals surface area contributed by atoms with Gasteiger partial charge in [0.05, 0.1) is 21.6 Å². The van der Waals surface area contributed by atoms with Crippen LogP contribution in [-0.4, -0.2) is 23.2 Å². The van der Waals surface area contributed by atoms with E-state index >= 15 is 0 Å². The first-order chi connectivity index (χ1) is 16.3. The molecule has 3 N–H and O–H groups in total. The first kappa shape index (κ1) is 22.3. The Hall–Kier alpha value is -3.45. The lowest BCUT2D eigenvalue weighted by Crippen LogP contribution is -2.35. The second-order valence-corrected chi connectivity index (χ2v) is 12.1. The second kappa shape index (κ2) is 8.40. The van der Waals surface area contributed by atoms with E-state index in [-0.39, 0.29) is 14.0 Å². The van der Waals surface area contributed by atoms with E-state index in [9.17, 15) is 16.8 Å². The Kier molecular flexibility index (Phi) is 5.52. The number of anilines is 2. The van der Waals surface area contributed by atoms with Gasteiger partial charge in [0.1, 0.15) is 16.7 Å². The lowest BCUT2D eigenvalue weighted by atomic mass is 10.2. The number of nitrogens with zero attached hydrogens (tertiary/aromatic N) is 2. The van der Waals surface area contributed by atoms with Gasteiger partial charge in [-0.2, -0.15) is 0 Å². The number of rotatable bonds is 6. The Morgan fingerprint density at radius 3 is 2.44 bits per heavy atom. The minimum absolute atomic E-state index is 0.0728. The van der Waals surface area contributed by atoms with Gasteiger partial charge in [0.25, 0.3) is 10.0 Å². The van der Waals surface area contributed by atoms with Crippen LogP contribution in [0.5, 0.6) is 0 Å². The summed E-state index contributed by atoms with van der Waals surface area (Å²) in [6, 6.07) is 17.4. The highest BCUT2D eigenvalue weighted by Crippen LogP contribution is 2.34. The Morgan fingerprint density at radius 1 is 0.971 bits per heavy atom. The summed E-state index contributed by atoms with van der Waals surface area (Å²) >= 11 is 0.837. The van der Waals surface area contributed by atoms with Crippen molar-refractivity contribution < 1.29 is 21.3 Å². The fourth-order valence-electron chi connectivity index (χ4n) is 3.43. The molecule has 1 atom stereocenters. The number of aliphatic imine (C=N–C) groups is 1. The summed E-state index contributed by atoms with van der Waals surface area (Å²) in [7, 11) is -7.80. The topological polar surface area (TPSA) is 135 Å². The number of sulfone groups is 1. The van der Waals surface area contributed by atoms with Gasteiger partial charge in [0.2, 0.25) is 15.7 Å². The summed E-state index contributed by atoms with van der Waals surface area (Å²) in [6.07, 6.45) is 2.57. The first-order valence-corrected chi connectivity index (χ1v) is 13.8. The average molecular weight is 515 g/mol. The molecule has 0 radical (unpaired) electrons. The molecule has 3 heterocycles. The van der Waals surface area contributed by atoms with Gasteiger partial charge in [-0.15, -0.1) is 11.3 Å². The smallest absolute Gasteiger partial charge is 0.271 e. The molecule has 0 saturated heterocycles. The maximum atomic E-state index is 12.9. The van der Waals surface area contributed by atoms with Crippen molar-refractivity contribution in [3.63, 3.8) is 0 Å². The summed E-state index contributed by atoms with van der Waals surface area (Å²) in [5.41, 5.74) is 8.04. The van der Waals surface area contributed by atoms with Gasteiger partial charge in [0, 0.05) is 16.8 Å². The Balaban J connectivity index is 1.34. The number of fused-ring (bicyclic) bond motifs is 1. The van der Waals surface area contributed by atoms with Gasteiger partial charge in [-0.3, -0.25) is 4.72 Å². The number of thiophene rings is 1.